The van der Waals surface area contributed by atoms with Crippen molar-refractivity contribution in [1.82, 2.24) is 9.97 Å². The quantitative estimate of drug-likeness (QED) is 0.836. The standard InChI is InChI=1S/C13H14N4OS/c1-9(18)17-10-2-4-12(5-3-10)19-8-11-6-16-13(14)7-15-11/h2-7H,8H2,1H3,(H2,14,16)(H,17,18). The summed E-state index contributed by atoms with van der Waals surface area (Å²) in [5, 5.41) is 2.73. The predicted octanol–water partition coefficient (Wildman–Crippen LogP) is 2.31. The van der Waals surface area contributed by atoms with Gasteiger partial charge in [0.15, 0.2) is 0 Å². The van der Waals surface area contributed by atoms with E-state index < -0.39 is 0 Å². The van der Waals surface area contributed by atoms with Crippen LogP contribution < -0.4 is 11.1 Å². The Morgan fingerprint density at radius 1 is 1.26 bits per heavy atom. The molecule has 19 heavy (non-hydrogen) atoms. The molecule has 0 radical (unpaired) electrons. The molecule has 0 saturated carbocycles. The Labute approximate surface area is 115 Å². The molecule has 98 valence electrons. The molecule has 1 aromatic carbocycles. The number of amides is 1. The van der Waals surface area contributed by atoms with Crippen molar-refractivity contribution in [3.05, 3.63) is 42.4 Å². The number of nitrogens with two attached hydrogens (primary N) is 1. The molecule has 6 heteroatoms. The number of benzene rings is 1. The number of carbonyl (C=O) groups excluding carboxylic acids is 1. The van der Waals surface area contributed by atoms with E-state index in [4.69, 9.17) is 5.73 Å². The van der Waals surface area contributed by atoms with E-state index in [1.807, 2.05) is 24.3 Å². The summed E-state index contributed by atoms with van der Waals surface area (Å²) in [7, 11) is 0. The smallest absolute Gasteiger partial charge is 0.221 e. The number of nitrogen functional groups attached to an aromatic ring is 1. The van der Waals surface area contributed by atoms with Crippen LogP contribution >= 0.6 is 11.8 Å². The molecular formula is C13H14N4OS. The third kappa shape index (κ3) is 4.26. The maximum absolute atomic E-state index is 10.9. The molecule has 1 aromatic heterocycles. The van der Waals surface area contributed by atoms with Crippen molar-refractivity contribution in [3.63, 3.8) is 0 Å². The highest BCUT2D eigenvalue weighted by molar-refractivity contribution is 7.98. The molecule has 0 aliphatic carbocycles. The van der Waals surface area contributed by atoms with Gasteiger partial charge in [0.05, 0.1) is 18.1 Å². The lowest BCUT2D eigenvalue weighted by atomic mass is 10.3. The zero-order valence-electron chi connectivity index (χ0n) is 10.5. The van der Waals surface area contributed by atoms with E-state index in [0.29, 0.717) is 5.82 Å². The van der Waals surface area contributed by atoms with Crippen LogP contribution in [0.15, 0.2) is 41.6 Å². The Balaban J connectivity index is 1.92. The Morgan fingerprint density at radius 2 is 2.00 bits per heavy atom. The second-order valence-corrected chi connectivity index (χ2v) is 4.98. The average molecular weight is 274 g/mol. The van der Waals surface area contributed by atoms with Crippen molar-refractivity contribution in [2.24, 2.45) is 0 Å². The number of nitrogens with zero attached hydrogens (tertiary/aromatic N) is 2. The zero-order valence-corrected chi connectivity index (χ0v) is 11.3. The van der Waals surface area contributed by atoms with E-state index in [2.05, 4.69) is 15.3 Å². The van der Waals surface area contributed by atoms with Crippen LogP contribution in [-0.2, 0) is 10.5 Å². The van der Waals surface area contributed by atoms with Crippen LogP contribution in [0.1, 0.15) is 12.6 Å². The summed E-state index contributed by atoms with van der Waals surface area (Å²) >= 11 is 1.65. The first kappa shape index (κ1) is 13.4. The molecule has 0 aliphatic rings. The van der Waals surface area contributed by atoms with Crippen LogP contribution in [0.5, 0.6) is 0 Å². The Bertz CT molecular complexity index is 554. The Morgan fingerprint density at radius 3 is 2.58 bits per heavy atom. The van der Waals surface area contributed by atoms with Crippen LogP contribution in [0.4, 0.5) is 11.5 Å². The largest absolute Gasteiger partial charge is 0.382 e. The van der Waals surface area contributed by atoms with Crippen LogP contribution in [0.3, 0.4) is 0 Å². The van der Waals surface area contributed by atoms with Gasteiger partial charge in [-0.25, -0.2) is 4.98 Å². The highest BCUT2D eigenvalue weighted by atomic mass is 32.2. The summed E-state index contributed by atoms with van der Waals surface area (Å²) in [4.78, 5) is 20.2. The fourth-order valence-corrected chi connectivity index (χ4v) is 2.23. The van der Waals surface area contributed by atoms with E-state index in [1.54, 1.807) is 24.2 Å². The first-order valence-electron chi connectivity index (χ1n) is 5.70. The van der Waals surface area contributed by atoms with Gasteiger partial charge in [0.1, 0.15) is 5.82 Å². The molecule has 0 atom stereocenters. The number of carbonyl (C=O) groups is 1. The highest BCUT2D eigenvalue weighted by Crippen LogP contribution is 2.23. The van der Waals surface area contributed by atoms with Gasteiger partial charge in [0.2, 0.25) is 5.91 Å². The second-order valence-electron chi connectivity index (χ2n) is 3.93. The molecular weight excluding hydrogens is 260 g/mol. The predicted molar refractivity (Wildman–Crippen MR) is 76.8 cm³/mol. The minimum absolute atomic E-state index is 0.0717. The van der Waals surface area contributed by atoms with Crippen molar-refractivity contribution in [3.8, 4) is 0 Å². The zero-order chi connectivity index (χ0) is 13.7. The van der Waals surface area contributed by atoms with Crippen molar-refractivity contribution in [2.45, 2.75) is 17.6 Å². The summed E-state index contributed by atoms with van der Waals surface area (Å²) in [5.41, 5.74) is 7.15. The molecule has 0 bridgehead atoms. The first-order chi connectivity index (χ1) is 9.13. The molecule has 2 rings (SSSR count). The van der Waals surface area contributed by atoms with Crippen LogP contribution in [0.2, 0.25) is 0 Å². The van der Waals surface area contributed by atoms with Crippen LogP contribution in [0.25, 0.3) is 0 Å². The average Bonchev–Trinajstić information content (AvgIpc) is 2.39. The molecule has 0 saturated heterocycles. The Kier molecular flexibility index (Phi) is 4.35. The molecule has 0 fully saturated rings. The van der Waals surface area contributed by atoms with Gasteiger partial charge in [0, 0.05) is 23.3 Å². The molecule has 0 unspecified atom stereocenters. The van der Waals surface area contributed by atoms with E-state index in [9.17, 15) is 4.79 Å². The van der Waals surface area contributed by atoms with E-state index in [-0.39, 0.29) is 5.91 Å². The minimum Gasteiger partial charge on any atom is -0.382 e. The van der Waals surface area contributed by atoms with Crippen LogP contribution in [0, 0.1) is 0 Å². The summed E-state index contributed by atoms with van der Waals surface area (Å²) in [6, 6.07) is 7.66. The maximum atomic E-state index is 10.9. The molecule has 0 aliphatic heterocycles. The van der Waals surface area contributed by atoms with Crippen molar-refractivity contribution in [1.29, 1.82) is 0 Å². The molecule has 5 nitrogen and oxygen atoms in total. The van der Waals surface area contributed by atoms with Crippen molar-refractivity contribution in [2.75, 3.05) is 11.1 Å². The second kappa shape index (κ2) is 6.19. The van der Waals surface area contributed by atoms with Gasteiger partial charge in [-0.1, -0.05) is 0 Å². The molecule has 2 aromatic rings. The van der Waals surface area contributed by atoms with Gasteiger partial charge in [-0.2, -0.15) is 0 Å². The molecule has 1 heterocycles. The lowest BCUT2D eigenvalue weighted by Gasteiger charge is -2.04. The fraction of sp³-hybridized carbons (Fsp3) is 0.154. The summed E-state index contributed by atoms with van der Waals surface area (Å²) < 4.78 is 0. The third-order valence-corrected chi connectivity index (χ3v) is 3.33. The lowest BCUT2D eigenvalue weighted by Crippen LogP contribution is -2.05. The van der Waals surface area contributed by atoms with Gasteiger partial charge >= 0.3 is 0 Å². The number of nitrogens with one attached hydrogen (secondary N) is 1. The highest BCUT2D eigenvalue weighted by Gasteiger charge is 2.00. The molecule has 3 N–H and O–H groups in total. The third-order valence-electron chi connectivity index (χ3n) is 2.29. The molecule has 0 spiro atoms. The van der Waals surface area contributed by atoms with Crippen molar-refractivity contribution < 1.29 is 4.79 Å². The van der Waals surface area contributed by atoms with Crippen molar-refractivity contribution >= 4 is 29.2 Å². The van der Waals surface area contributed by atoms with Gasteiger partial charge in [-0.3, -0.25) is 9.78 Å². The number of rotatable bonds is 4. The lowest BCUT2D eigenvalue weighted by molar-refractivity contribution is -0.114. The fourth-order valence-electron chi connectivity index (χ4n) is 1.43. The summed E-state index contributed by atoms with van der Waals surface area (Å²) in [6.45, 7) is 1.49. The van der Waals surface area contributed by atoms with E-state index >= 15 is 0 Å². The van der Waals surface area contributed by atoms with Gasteiger partial charge in [-0.15, -0.1) is 11.8 Å². The van der Waals surface area contributed by atoms with E-state index in [0.717, 1.165) is 22.0 Å². The SMILES string of the molecule is CC(=O)Nc1ccc(SCc2cnc(N)cn2)cc1. The number of aromatic nitrogens is 2. The van der Waals surface area contributed by atoms with Crippen LogP contribution in [-0.4, -0.2) is 15.9 Å². The Hall–Kier alpha value is -2.08. The maximum Gasteiger partial charge on any atom is 0.221 e. The number of thioether (sulfide) groups is 1. The monoisotopic (exact) mass is 274 g/mol. The minimum atomic E-state index is -0.0717. The number of hydrogen-bond donors (Lipinski definition) is 2. The first-order valence-corrected chi connectivity index (χ1v) is 6.69. The summed E-state index contributed by atoms with van der Waals surface area (Å²) in [6.07, 6.45) is 3.23. The van der Waals surface area contributed by atoms with Gasteiger partial charge in [-0.05, 0) is 24.3 Å². The molecule has 1 amide bonds. The number of hydrogen-bond acceptors (Lipinski definition) is 5. The van der Waals surface area contributed by atoms with Gasteiger partial charge in [0.25, 0.3) is 0 Å². The summed E-state index contributed by atoms with van der Waals surface area (Å²) in [5.74, 6) is 1.08. The topological polar surface area (TPSA) is 80.9 Å². The van der Waals surface area contributed by atoms with Gasteiger partial charge < -0.3 is 11.1 Å². The normalized spacial score (nSPS) is 10.2. The number of anilines is 2. The van der Waals surface area contributed by atoms with E-state index in [1.165, 1.54) is 6.92 Å².